The molecule has 0 fully saturated rings. The van der Waals surface area contributed by atoms with E-state index in [1.54, 1.807) is 12.1 Å². The molecule has 0 heterocycles. The molecule has 2 rings (SSSR count). The molecule has 0 aliphatic rings. The molecule has 0 aromatic heterocycles. The van der Waals surface area contributed by atoms with E-state index in [-0.39, 0.29) is 11.4 Å². The highest BCUT2D eigenvalue weighted by molar-refractivity contribution is 9.10. The van der Waals surface area contributed by atoms with Gasteiger partial charge in [0.1, 0.15) is 11.5 Å². The van der Waals surface area contributed by atoms with Crippen LogP contribution in [0, 0.1) is 10.1 Å². The Morgan fingerprint density at radius 2 is 1.94 bits per heavy atom. The van der Waals surface area contributed by atoms with Crippen molar-refractivity contribution in [2.45, 2.75) is 0 Å². The molecule has 6 heteroatoms. The fourth-order valence-electron chi connectivity index (χ4n) is 1.42. The van der Waals surface area contributed by atoms with E-state index >= 15 is 0 Å². The van der Waals surface area contributed by atoms with Crippen molar-refractivity contribution in [1.29, 1.82) is 0 Å². The van der Waals surface area contributed by atoms with Gasteiger partial charge in [-0.05, 0) is 28.1 Å². The zero-order valence-corrected chi connectivity index (χ0v) is 10.8. The maximum atomic E-state index is 10.7. The zero-order chi connectivity index (χ0) is 13.1. The maximum absolute atomic E-state index is 10.7. The molecule has 0 aliphatic carbocycles. The standard InChI is InChI=1S/C12H9BrN2O3/c13-11-3-1-2-4-12(11)18-10-6-8(14)5-9(7-10)15(16)17/h1-7H,14H2. The largest absolute Gasteiger partial charge is 0.456 e. The SMILES string of the molecule is Nc1cc(Oc2ccccc2Br)cc([N+](=O)[O-])c1. The number of nitro benzene ring substituents is 1. The van der Waals surface area contributed by atoms with Crippen molar-refractivity contribution >= 4 is 27.3 Å². The maximum Gasteiger partial charge on any atom is 0.275 e. The van der Waals surface area contributed by atoms with E-state index in [1.807, 2.05) is 12.1 Å². The number of para-hydroxylation sites is 1. The average Bonchev–Trinajstić information content (AvgIpc) is 2.31. The number of anilines is 1. The molecule has 0 saturated carbocycles. The van der Waals surface area contributed by atoms with E-state index in [2.05, 4.69) is 15.9 Å². The van der Waals surface area contributed by atoms with Gasteiger partial charge in [-0.15, -0.1) is 0 Å². The number of hydrogen-bond donors (Lipinski definition) is 1. The number of nitrogens with zero attached hydrogens (tertiary/aromatic N) is 1. The third kappa shape index (κ3) is 2.78. The van der Waals surface area contributed by atoms with Crippen LogP contribution >= 0.6 is 15.9 Å². The molecule has 0 spiro atoms. The number of non-ortho nitro benzene ring substituents is 1. The average molecular weight is 309 g/mol. The lowest BCUT2D eigenvalue weighted by Crippen LogP contribution is -1.93. The molecular weight excluding hydrogens is 300 g/mol. The molecular formula is C12H9BrN2O3. The lowest BCUT2D eigenvalue weighted by atomic mass is 10.2. The Balaban J connectivity index is 2.35. The molecule has 0 unspecified atom stereocenters. The van der Waals surface area contributed by atoms with E-state index in [1.165, 1.54) is 18.2 Å². The van der Waals surface area contributed by atoms with Gasteiger partial charge in [-0.2, -0.15) is 0 Å². The predicted octanol–water partition coefficient (Wildman–Crippen LogP) is 3.73. The fourth-order valence-corrected chi connectivity index (χ4v) is 1.79. The van der Waals surface area contributed by atoms with Crippen LogP contribution in [0.4, 0.5) is 11.4 Å². The van der Waals surface area contributed by atoms with Crippen molar-refractivity contribution in [1.82, 2.24) is 0 Å². The van der Waals surface area contributed by atoms with Gasteiger partial charge >= 0.3 is 0 Å². The number of nitrogen functional groups attached to an aromatic ring is 1. The predicted molar refractivity (Wildman–Crippen MR) is 71.7 cm³/mol. The van der Waals surface area contributed by atoms with Gasteiger partial charge < -0.3 is 10.5 Å². The summed E-state index contributed by atoms with van der Waals surface area (Å²) in [4.78, 5) is 10.2. The first kappa shape index (κ1) is 12.4. The van der Waals surface area contributed by atoms with E-state index in [0.29, 0.717) is 11.5 Å². The minimum atomic E-state index is -0.511. The summed E-state index contributed by atoms with van der Waals surface area (Å²) in [5, 5.41) is 10.7. The number of ether oxygens (including phenoxy) is 1. The van der Waals surface area contributed by atoms with E-state index in [4.69, 9.17) is 10.5 Å². The number of benzene rings is 2. The molecule has 0 atom stereocenters. The molecule has 0 amide bonds. The van der Waals surface area contributed by atoms with Crippen molar-refractivity contribution in [2.24, 2.45) is 0 Å². The van der Waals surface area contributed by atoms with Crippen molar-refractivity contribution in [2.75, 3.05) is 5.73 Å². The second kappa shape index (κ2) is 5.05. The summed E-state index contributed by atoms with van der Waals surface area (Å²) < 4.78 is 6.31. The van der Waals surface area contributed by atoms with Crippen LogP contribution in [0.15, 0.2) is 46.9 Å². The summed E-state index contributed by atoms with van der Waals surface area (Å²) >= 11 is 3.33. The molecule has 2 aromatic carbocycles. The molecule has 92 valence electrons. The summed E-state index contributed by atoms with van der Waals surface area (Å²) in [7, 11) is 0. The molecule has 0 radical (unpaired) electrons. The molecule has 18 heavy (non-hydrogen) atoms. The van der Waals surface area contributed by atoms with Crippen LogP contribution in [0.2, 0.25) is 0 Å². The second-order valence-electron chi connectivity index (χ2n) is 3.55. The van der Waals surface area contributed by atoms with Crippen molar-refractivity contribution in [3.05, 3.63) is 57.1 Å². The highest BCUT2D eigenvalue weighted by atomic mass is 79.9. The minimum Gasteiger partial charge on any atom is -0.456 e. The second-order valence-corrected chi connectivity index (χ2v) is 4.40. The van der Waals surface area contributed by atoms with Gasteiger partial charge in [-0.25, -0.2) is 0 Å². The van der Waals surface area contributed by atoms with Crippen molar-refractivity contribution in [3.63, 3.8) is 0 Å². The number of rotatable bonds is 3. The Labute approximate surface area is 111 Å². The van der Waals surface area contributed by atoms with Gasteiger partial charge in [0.25, 0.3) is 5.69 Å². The Bertz CT molecular complexity index is 602. The van der Waals surface area contributed by atoms with Gasteiger partial charge in [-0.1, -0.05) is 12.1 Å². The third-order valence-electron chi connectivity index (χ3n) is 2.19. The van der Waals surface area contributed by atoms with Gasteiger partial charge in [0.15, 0.2) is 0 Å². The van der Waals surface area contributed by atoms with Crippen LogP contribution in [0.5, 0.6) is 11.5 Å². The summed E-state index contributed by atoms with van der Waals surface area (Å²) in [5.74, 6) is 0.894. The Kier molecular flexibility index (Phi) is 3.47. The molecule has 2 aromatic rings. The van der Waals surface area contributed by atoms with Crippen LogP contribution in [0.3, 0.4) is 0 Å². The summed E-state index contributed by atoms with van der Waals surface area (Å²) in [5.41, 5.74) is 5.78. The molecule has 5 nitrogen and oxygen atoms in total. The highest BCUT2D eigenvalue weighted by Crippen LogP contribution is 2.32. The monoisotopic (exact) mass is 308 g/mol. The lowest BCUT2D eigenvalue weighted by Gasteiger charge is -2.08. The normalized spacial score (nSPS) is 10.1. The summed E-state index contributed by atoms with van der Waals surface area (Å²) in [6.07, 6.45) is 0. The number of nitrogens with two attached hydrogens (primary N) is 1. The Hall–Kier alpha value is -2.08. The van der Waals surface area contributed by atoms with Crippen LogP contribution in [-0.4, -0.2) is 4.92 Å². The van der Waals surface area contributed by atoms with Gasteiger partial charge in [-0.3, -0.25) is 10.1 Å². The van der Waals surface area contributed by atoms with E-state index < -0.39 is 4.92 Å². The van der Waals surface area contributed by atoms with Crippen molar-refractivity contribution in [3.8, 4) is 11.5 Å². The van der Waals surface area contributed by atoms with Gasteiger partial charge in [0.05, 0.1) is 15.5 Å². The van der Waals surface area contributed by atoms with E-state index in [9.17, 15) is 10.1 Å². The first-order chi connectivity index (χ1) is 8.56. The van der Waals surface area contributed by atoms with Gasteiger partial charge in [0.2, 0.25) is 0 Å². The molecule has 0 bridgehead atoms. The summed E-state index contributed by atoms with van der Waals surface area (Å²) in [6.45, 7) is 0. The van der Waals surface area contributed by atoms with Crippen LogP contribution < -0.4 is 10.5 Å². The number of halogens is 1. The smallest absolute Gasteiger partial charge is 0.275 e. The number of hydrogen-bond acceptors (Lipinski definition) is 4. The van der Waals surface area contributed by atoms with Crippen molar-refractivity contribution < 1.29 is 9.66 Å². The molecule has 0 aliphatic heterocycles. The summed E-state index contributed by atoms with van der Waals surface area (Å²) in [6, 6.07) is 11.4. The van der Waals surface area contributed by atoms with Crippen LogP contribution in [0.1, 0.15) is 0 Å². The van der Waals surface area contributed by atoms with E-state index in [0.717, 1.165) is 4.47 Å². The zero-order valence-electron chi connectivity index (χ0n) is 9.17. The molecule has 0 saturated heterocycles. The molecule has 2 N–H and O–H groups in total. The lowest BCUT2D eigenvalue weighted by molar-refractivity contribution is -0.384. The topological polar surface area (TPSA) is 78.4 Å². The highest BCUT2D eigenvalue weighted by Gasteiger charge is 2.10. The third-order valence-corrected chi connectivity index (χ3v) is 2.84. The first-order valence-electron chi connectivity index (χ1n) is 5.03. The minimum absolute atomic E-state index is 0.1000. The first-order valence-corrected chi connectivity index (χ1v) is 5.83. The fraction of sp³-hybridized carbons (Fsp3) is 0. The van der Waals surface area contributed by atoms with Crippen LogP contribution in [-0.2, 0) is 0 Å². The van der Waals surface area contributed by atoms with Crippen LogP contribution in [0.25, 0.3) is 0 Å². The number of nitro groups is 1. The Morgan fingerprint density at radius 1 is 1.22 bits per heavy atom. The quantitative estimate of drug-likeness (QED) is 0.532. The van der Waals surface area contributed by atoms with Gasteiger partial charge in [0, 0.05) is 17.8 Å². The Morgan fingerprint density at radius 3 is 2.61 bits per heavy atom.